The molecule has 2 aromatic carbocycles. The van der Waals surface area contributed by atoms with Crippen LogP contribution in [-0.4, -0.2) is 5.11 Å². The summed E-state index contributed by atoms with van der Waals surface area (Å²) in [6.07, 6.45) is 0. The van der Waals surface area contributed by atoms with Crippen LogP contribution < -0.4 is 5.73 Å². The molecule has 0 bridgehead atoms. The minimum Gasteiger partial charge on any atom is -0.505 e. The number of phenolic OH excluding ortho intramolecular Hbond substituents is 1. The van der Waals surface area contributed by atoms with E-state index in [9.17, 15) is 5.11 Å². The molecule has 86 valence electrons. The van der Waals surface area contributed by atoms with Gasteiger partial charge in [0.15, 0.2) is 0 Å². The van der Waals surface area contributed by atoms with Crippen LogP contribution in [0, 0.1) is 6.92 Å². The summed E-state index contributed by atoms with van der Waals surface area (Å²) in [6, 6.07) is 12.5. The standard InChI is InChI=1S/C13H13N3O/c1-9-5-4-8-12(13(9)17)16-15-11-7-3-2-6-10(11)14/h2-8,17H,14H2,1H3. The van der Waals surface area contributed by atoms with Crippen LogP contribution in [0.15, 0.2) is 52.7 Å². The Morgan fingerprint density at radius 1 is 0.941 bits per heavy atom. The van der Waals surface area contributed by atoms with Crippen LogP contribution in [0.1, 0.15) is 5.56 Å². The number of aromatic hydroxyl groups is 1. The van der Waals surface area contributed by atoms with E-state index in [4.69, 9.17) is 5.73 Å². The first-order valence-corrected chi connectivity index (χ1v) is 5.23. The molecular weight excluding hydrogens is 214 g/mol. The Labute approximate surface area is 99.4 Å². The van der Waals surface area contributed by atoms with Gasteiger partial charge >= 0.3 is 0 Å². The number of para-hydroxylation sites is 2. The minimum absolute atomic E-state index is 0.144. The van der Waals surface area contributed by atoms with Gasteiger partial charge in [-0.05, 0) is 30.7 Å². The van der Waals surface area contributed by atoms with Crippen LogP contribution in [0.3, 0.4) is 0 Å². The van der Waals surface area contributed by atoms with Crippen LogP contribution >= 0.6 is 0 Å². The van der Waals surface area contributed by atoms with Crippen molar-refractivity contribution in [2.24, 2.45) is 10.2 Å². The molecule has 0 heterocycles. The zero-order valence-corrected chi connectivity index (χ0v) is 9.46. The van der Waals surface area contributed by atoms with Gasteiger partial charge in [-0.15, -0.1) is 10.2 Å². The van der Waals surface area contributed by atoms with E-state index in [0.29, 0.717) is 17.1 Å². The predicted molar refractivity (Wildman–Crippen MR) is 67.9 cm³/mol. The third kappa shape index (κ3) is 2.42. The summed E-state index contributed by atoms with van der Waals surface area (Å²) < 4.78 is 0. The van der Waals surface area contributed by atoms with Gasteiger partial charge in [0, 0.05) is 0 Å². The Morgan fingerprint density at radius 2 is 1.59 bits per heavy atom. The van der Waals surface area contributed by atoms with Gasteiger partial charge in [-0.3, -0.25) is 0 Å². The summed E-state index contributed by atoms with van der Waals surface area (Å²) >= 11 is 0. The van der Waals surface area contributed by atoms with E-state index in [2.05, 4.69) is 10.2 Å². The van der Waals surface area contributed by atoms with Crippen molar-refractivity contribution >= 4 is 17.1 Å². The molecule has 3 N–H and O–H groups in total. The number of azo groups is 1. The van der Waals surface area contributed by atoms with Crippen molar-refractivity contribution in [3.63, 3.8) is 0 Å². The first-order chi connectivity index (χ1) is 8.18. The summed E-state index contributed by atoms with van der Waals surface area (Å²) in [7, 11) is 0. The fraction of sp³-hybridized carbons (Fsp3) is 0.0769. The molecule has 0 radical (unpaired) electrons. The van der Waals surface area contributed by atoms with Crippen molar-refractivity contribution in [3.05, 3.63) is 48.0 Å². The van der Waals surface area contributed by atoms with Crippen molar-refractivity contribution < 1.29 is 5.11 Å². The number of nitrogen functional groups attached to an aromatic ring is 1. The zero-order chi connectivity index (χ0) is 12.3. The molecule has 0 amide bonds. The van der Waals surface area contributed by atoms with Gasteiger partial charge < -0.3 is 10.8 Å². The maximum Gasteiger partial charge on any atom is 0.145 e. The molecular formula is C13H13N3O. The Morgan fingerprint density at radius 3 is 2.35 bits per heavy atom. The van der Waals surface area contributed by atoms with E-state index in [0.717, 1.165) is 5.56 Å². The van der Waals surface area contributed by atoms with Crippen LogP contribution in [0.5, 0.6) is 5.75 Å². The Kier molecular flexibility index (Phi) is 3.05. The average molecular weight is 227 g/mol. The highest BCUT2D eigenvalue weighted by Gasteiger charge is 2.02. The van der Waals surface area contributed by atoms with Crippen LogP contribution in [0.25, 0.3) is 0 Å². The first-order valence-electron chi connectivity index (χ1n) is 5.23. The first kappa shape index (κ1) is 11.1. The molecule has 17 heavy (non-hydrogen) atoms. The summed E-state index contributed by atoms with van der Waals surface area (Å²) in [5.74, 6) is 0.144. The number of rotatable bonds is 2. The molecule has 0 unspecified atom stereocenters. The van der Waals surface area contributed by atoms with Crippen molar-refractivity contribution in [3.8, 4) is 5.75 Å². The lowest BCUT2D eigenvalue weighted by Gasteiger charge is -2.01. The molecule has 0 saturated carbocycles. The number of aryl methyl sites for hydroxylation is 1. The fourth-order valence-corrected chi connectivity index (χ4v) is 1.41. The third-order valence-corrected chi connectivity index (χ3v) is 2.42. The number of phenols is 1. The molecule has 0 aliphatic rings. The van der Waals surface area contributed by atoms with E-state index in [-0.39, 0.29) is 5.75 Å². The highest BCUT2D eigenvalue weighted by Crippen LogP contribution is 2.31. The topological polar surface area (TPSA) is 71.0 Å². The van der Waals surface area contributed by atoms with E-state index in [1.54, 1.807) is 18.2 Å². The summed E-state index contributed by atoms with van der Waals surface area (Å²) in [4.78, 5) is 0. The maximum absolute atomic E-state index is 9.76. The number of anilines is 1. The third-order valence-electron chi connectivity index (χ3n) is 2.42. The molecule has 0 fully saturated rings. The second kappa shape index (κ2) is 4.65. The second-order valence-electron chi connectivity index (χ2n) is 3.70. The normalized spacial score (nSPS) is 10.9. The molecule has 0 aliphatic carbocycles. The molecule has 0 aromatic heterocycles. The van der Waals surface area contributed by atoms with Crippen LogP contribution in [-0.2, 0) is 0 Å². The fourth-order valence-electron chi connectivity index (χ4n) is 1.41. The number of nitrogens with zero attached hydrogens (tertiary/aromatic N) is 2. The van der Waals surface area contributed by atoms with Gasteiger partial charge in [-0.1, -0.05) is 24.3 Å². The van der Waals surface area contributed by atoms with E-state index < -0.39 is 0 Å². The second-order valence-corrected chi connectivity index (χ2v) is 3.70. The highest BCUT2D eigenvalue weighted by atomic mass is 16.3. The number of hydrogen-bond acceptors (Lipinski definition) is 4. The number of hydrogen-bond donors (Lipinski definition) is 2. The predicted octanol–water partition coefficient (Wildman–Crippen LogP) is 3.70. The Balaban J connectivity index is 2.33. The molecule has 0 saturated heterocycles. The van der Waals surface area contributed by atoms with Gasteiger partial charge in [-0.25, -0.2) is 0 Å². The lowest BCUT2D eigenvalue weighted by atomic mass is 10.2. The molecule has 4 nitrogen and oxygen atoms in total. The van der Waals surface area contributed by atoms with Gasteiger partial charge in [0.05, 0.1) is 5.69 Å². The summed E-state index contributed by atoms with van der Waals surface area (Å²) in [6.45, 7) is 1.81. The SMILES string of the molecule is Cc1cccc(N=Nc2ccccc2N)c1O. The van der Waals surface area contributed by atoms with E-state index >= 15 is 0 Å². The average Bonchev–Trinajstić information content (AvgIpc) is 2.33. The van der Waals surface area contributed by atoms with Crippen molar-refractivity contribution in [2.75, 3.05) is 5.73 Å². The highest BCUT2D eigenvalue weighted by molar-refractivity contribution is 5.62. The molecule has 2 rings (SSSR count). The maximum atomic E-state index is 9.76. The Hall–Kier alpha value is -2.36. The molecule has 0 spiro atoms. The van der Waals surface area contributed by atoms with Crippen LogP contribution in [0.2, 0.25) is 0 Å². The van der Waals surface area contributed by atoms with Crippen LogP contribution in [0.4, 0.5) is 17.1 Å². The lowest BCUT2D eigenvalue weighted by Crippen LogP contribution is -1.82. The number of nitrogens with two attached hydrogens (primary N) is 1. The van der Waals surface area contributed by atoms with Crippen molar-refractivity contribution in [2.45, 2.75) is 6.92 Å². The summed E-state index contributed by atoms with van der Waals surface area (Å²) in [5, 5.41) is 17.8. The van der Waals surface area contributed by atoms with Crippen molar-refractivity contribution in [1.29, 1.82) is 0 Å². The Bertz CT molecular complexity index is 564. The molecule has 2 aromatic rings. The zero-order valence-electron chi connectivity index (χ0n) is 9.46. The van der Waals surface area contributed by atoms with Crippen molar-refractivity contribution in [1.82, 2.24) is 0 Å². The molecule has 0 atom stereocenters. The molecule has 0 aliphatic heterocycles. The van der Waals surface area contributed by atoms with E-state index in [1.165, 1.54) is 0 Å². The monoisotopic (exact) mass is 227 g/mol. The minimum atomic E-state index is 0.144. The quantitative estimate of drug-likeness (QED) is 0.606. The van der Waals surface area contributed by atoms with Gasteiger partial charge in [0.1, 0.15) is 17.1 Å². The summed E-state index contributed by atoms with van der Waals surface area (Å²) in [5.41, 5.74) is 8.09. The van der Waals surface area contributed by atoms with Gasteiger partial charge in [-0.2, -0.15) is 0 Å². The van der Waals surface area contributed by atoms with E-state index in [1.807, 2.05) is 31.2 Å². The number of benzene rings is 2. The van der Waals surface area contributed by atoms with Gasteiger partial charge in [0.25, 0.3) is 0 Å². The molecule has 4 heteroatoms. The smallest absolute Gasteiger partial charge is 0.145 e. The largest absolute Gasteiger partial charge is 0.505 e. The lowest BCUT2D eigenvalue weighted by molar-refractivity contribution is 0.472. The van der Waals surface area contributed by atoms with Gasteiger partial charge in [0.2, 0.25) is 0 Å².